The molecule has 0 atom stereocenters. The molecule has 0 heterocycles. The van der Waals surface area contributed by atoms with Crippen LogP contribution in [0.2, 0.25) is 0 Å². The molecule has 0 aliphatic heterocycles. The number of hydrogen-bond donors (Lipinski definition) is 0. The van der Waals surface area contributed by atoms with Crippen LogP contribution in [0, 0.1) is 9.81 Å². The normalized spacial score (nSPS) is 5.50. The third kappa shape index (κ3) is 23.2. The van der Waals surface area contributed by atoms with Gasteiger partial charge in [-0.1, -0.05) is 0 Å². The van der Waals surface area contributed by atoms with Gasteiger partial charge in [0.1, 0.15) is 0 Å². The van der Waals surface area contributed by atoms with Crippen LogP contribution in [0.1, 0.15) is 0 Å². The Bertz CT molecular complexity index is 187. The van der Waals surface area contributed by atoms with Crippen molar-refractivity contribution in [2.75, 3.05) is 0 Å². The van der Waals surface area contributed by atoms with Gasteiger partial charge in [-0.25, -0.2) is 24.3 Å². The topological polar surface area (TPSA) is 78.7 Å². The van der Waals surface area contributed by atoms with E-state index in [1.54, 1.807) is 0 Å². The Morgan fingerprint density at radius 2 is 0.812 bits per heavy atom. The summed E-state index contributed by atoms with van der Waals surface area (Å²) in [5.74, 6) is 0. The number of hydrogen-bond acceptors (Lipinski definition) is 2. The summed E-state index contributed by atoms with van der Waals surface area (Å²) in [5, 5.41) is 0. The minimum absolute atomic E-state index is 0. The molecule has 0 amide bonds. The van der Waals surface area contributed by atoms with Crippen molar-refractivity contribution in [2.24, 2.45) is 0 Å². The third-order valence-corrected chi connectivity index (χ3v) is 1.11. The third-order valence-electron chi connectivity index (χ3n) is 1.11. The van der Waals surface area contributed by atoms with Crippen molar-refractivity contribution >= 4 is 0 Å². The zero-order chi connectivity index (χ0) is 11.1. The smallest absolute Gasteiger partial charge is 0.577 e. The molecule has 4 nitrogen and oxygen atoms in total. The molecule has 0 unspecified atom stereocenters. The fraction of sp³-hybridized carbons (Fsp3) is 0. The van der Waals surface area contributed by atoms with Crippen molar-refractivity contribution in [1.82, 2.24) is 0 Å². The first-order chi connectivity index (χ1) is 7.00. The van der Waals surface area contributed by atoms with Gasteiger partial charge in [0.25, 0.3) is 0 Å². The standard InChI is InChI=1S/2C5H5.2NO.2Ru/c2*1-2-4-5-3-1;2*1-2;;/h2*1-5H;;;;/q4*-1;;+5. The first-order valence-electron chi connectivity index (χ1n) is 3.70. The van der Waals surface area contributed by atoms with Crippen LogP contribution in [-0.2, 0) is 39.0 Å². The molecule has 0 bridgehead atoms. The SMILES string of the molecule is [N-]=O.[N-]=O.[Ru+5].[Ru].c1cc[cH-]c1.c1cc[cH-]c1. The van der Waals surface area contributed by atoms with E-state index in [2.05, 4.69) is 0 Å². The van der Waals surface area contributed by atoms with E-state index >= 15 is 0 Å². The zero-order valence-corrected chi connectivity index (χ0v) is 11.7. The Balaban J connectivity index is -0.0000000631. The van der Waals surface area contributed by atoms with Crippen LogP contribution in [0.25, 0.3) is 11.2 Å². The second-order valence-corrected chi connectivity index (χ2v) is 1.92. The summed E-state index contributed by atoms with van der Waals surface area (Å²) in [6.45, 7) is 0. The van der Waals surface area contributed by atoms with E-state index in [1.165, 1.54) is 0 Å². The molecule has 0 spiro atoms. The second kappa shape index (κ2) is 29.2. The summed E-state index contributed by atoms with van der Waals surface area (Å²) in [4.78, 5) is 14.5. The first kappa shape index (κ1) is 24.4. The number of nitrogens with zero attached hydrogens (tertiary/aromatic N) is 2. The summed E-state index contributed by atoms with van der Waals surface area (Å²) in [6.07, 6.45) is 0. The molecule has 87 valence electrons. The molecule has 0 aliphatic rings. The van der Waals surface area contributed by atoms with Gasteiger partial charge in [0, 0.05) is 19.5 Å². The summed E-state index contributed by atoms with van der Waals surface area (Å²) in [6, 6.07) is 20.0. The van der Waals surface area contributed by atoms with E-state index in [-0.39, 0.29) is 39.0 Å². The molecule has 6 heteroatoms. The maximum absolute atomic E-state index is 7.25. The molecular weight excluding hydrogens is 382 g/mol. The predicted octanol–water partition coefficient (Wildman–Crippen LogP) is 3.45. The zero-order valence-electron chi connectivity index (χ0n) is 8.19. The van der Waals surface area contributed by atoms with Gasteiger partial charge in [0.05, 0.1) is 0 Å². The van der Waals surface area contributed by atoms with Crippen LogP contribution in [0.5, 0.6) is 0 Å². The van der Waals surface area contributed by atoms with Crippen LogP contribution in [0.4, 0.5) is 0 Å². The van der Waals surface area contributed by atoms with Gasteiger partial charge < -0.3 is 21.0 Å². The van der Waals surface area contributed by atoms with E-state index in [9.17, 15) is 0 Å². The second-order valence-electron chi connectivity index (χ2n) is 1.92. The summed E-state index contributed by atoms with van der Waals surface area (Å²) in [7, 11) is 0. The summed E-state index contributed by atoms with van der Waals surface area (Å²) in [5.41, 5.74) is 11.5. The first-order valence-corrected chi connectivity index (χ1v) is 3.70. The maximum atomic E-state index is 7.25. The monoisotopic (exact) mass is 394 g/mol. The van der Waals surface area contributed by atoms with Crippen LogP contribution < -0.4 is 0 Å². The van der Waals surface area contributed by atoms with Gasteiger partial charge in [-0.15, -0.1) is 0 Å². The van der Waals surface area contributed by atoms with Crippen molar-refractivity contribution in [3.05, 3.63) is 81.7 Å². The van der Waals surface area contributed by atoms with Crippen LogP contribution >= 0.6 is 0 Å². The fourth-order valence-electron chi connectivity index (χ4n) is 0.642. The average Bonchev–Trinajstić information content (AvgIpc) is 3.01. The fourth-order valence-corrected chi connectivity index (χ4v) is 0.642. The van der Waals surface area contributed by atoms with Crippen molar-refractivity contribution in [2.45, 2.75) is 0 Å². The summed E-state index contributed by atoms with van der Waals surface area (Å²) >= 11 is 0. The predicted molar refractivity (Wildman–Crippen MR) is 57.5 cm³/mol. The molecule has 0 fully saturated rings. The van der Waals surface area contributed by atoms with Crippen molar-refractivity contribution in [1.29, 1.82) is 0 Å². The Morgan fingerprint density at radius 3 is 0.875 bits per heavy atom. The number of nitroso groups, excluding NO2 is 2. The Labute approximate surface area is 120 Å². The molecule has 2 aromatic carbocycles. The number of rotatable bonds is 0. The van der Waals surface area contributed by atoms with E-state index in [0.29, 0.717) is 0 Å². The molecule has 0 saturated carbocycles. The van der Waals surface area contributed by atoms with Crippen LogP contribution in [-0.4, -0.2) is 0 Å². The van der Waals surface area contributed by atoms with E-state index in [4.69, 9.17) is 21.0 Å². The van der Waals surface area contributed by atoms with Gasteiger partial charge in [-0.2, -0.15) is 36.4 Å². The largest absolute Gasteiger partial charge is 5.00 e. The minimum atomic E-state index is 0. The van der Waals surface area contributed by atoms with Gasteiger partial charge in [0.2, 0.25) is 0 Å². The van der Waals surface area contributed by atoms with Crippen molar-refractivity contribution in [3.63, 3.8) is 0 Å². The molecule has 2 aromatic rings. The Hall–Kier alpha value is -0.853. The Morgan fingerprint density at radius 1 is 0.625 bits per heavy atom. The average molecular weight is 392 g/mol. The molecule has 0 aliphatic carbocycles. The molecule has 0 N–H and O–H groups in total. The van der Waals surface area contributed by atoms with Gasteiger partial charge >= 0.3 is 19.5 Å². The van der Waals surface area contributed by atoms with Gasteiger partial charge in [-0.3, -0.25) is 0 Å². The molecule has 1 radical (unpaired) electrons. The van der Waals surface area contributed by atoms with Crippen molar-refractivity contribution in [3.8, 4) is 0 Å². The molecular formula is C10H10N2O2Ru2+. The van der Waals surface area contributed by atoms with Crippen LogP contribution in [0.3, 0.4) is 0 Å². The van der Waals surface area contributed by atoms with Crippen LogP contribution in [0.15, 0.2) is 60.7 Å². The van der Waals surface area contributed by atoms with Gasteiger partial charge in [-0.05, 0) is 0 Å². The molecule has 0 saturated heterocycles. The molecule has 0 aromatic heterocycles. The quantitative estimate of drug-likeness (QED) is 0.509. The Kier molecular flexibility index (Phi) is 44.6. The van der Waals surface area contributed by atoms with Crippen molar-refractivity contribution < 1.29 is 39.0 Å². The van der Waals surface area contributed by atoms with E-state index < -0.39 is 0 Å². The molecule has 16 heavy (non-hydrogen) atoms. The minimum Gasteiger partial charge on any atom is -0.577 e. The maximum Gasteiger partial charge on any atom is 5.00 e. The molecule has 2 rings (SSSR count). The van der Waals surface area contributed by atoms with Gasteiger partial charge in [0.15, 0.2) is 0 Å². The van der Waals surface area contributed by atoms with E-state index in [1.807, 2.05) is 60.7 Å². The van der Waals surface area contributed by atoms with E-state index in [0.717, 1.165) is 0 Å². The summed E-state index contributed by atoms with van der Waals surface area (Å²) < 4.78 is 0.